The van der Waals surface area contributed by atoms with E-state index < -0.39 is 0 Å². The average Bonchev–Trinajstić information content (AvgIpc) is 2.72. The molecule has 7 heteroatoms. The van der Waals surface area contributed by atoms with E-state index >= 15 is 0 Å². The molecule has 148 valence electrons. The Hall–Kier alpha value is -3.35. The molecule has 0 saturated carbocycles. The quantitative estimate of drug-likeness (QED) is 0.648. The van der Waals surface area contributed by atoms with Crippen molar-refractivity contribution in [1.29, 1.82) is 0 Å². The second-order valence-corrected chi connectivity index (χ2v) is 6.00. The van der Waals surface area contributed by atoms with Crippen LogP contribution in [0.15, 0.2) is 48.5 Å². The minimum atomic E-state index is -0.389. The molecule has 0 heterocycles. The van der Waals surface area contributed by atoms with Crippen molar-refractivity contribution in [3.8, 4) is 5.75 Å². The molecule has 7 nitrogen and oxygen atoms in total. The van der Waals surface area contributed by atoms with E-state index in [0.29, 0.717) is 29.2 Å². The van der Waals surface area contributed by atoms with Gasteiger partial charge in [0.1, 0.15) is 5.75 Å². The first-order valence-corrected chi connectivity index (χ1v) is 9.02. The summed E-state index contributed by atoms with van der Waals surface area (Å²) in [7, 11) is 1.53. The Bertz CT molecular complexity index is 818. The monoisotopic (exact) mass is 384 g/mol. The van der Waals surface area contributed by atoms with Crippen LogP contribution in [0.25, 0.3) is 0 Å². The van der Waals surface area contributed by atoms with Gasteiger partial charge in [0.25, 0.3) is 5.91 Å². The SMILES string of the molecule is CCCOC(=O)c1ccc(NC(=O)CCNC(=O)c2cccc(OC)c2)cc1. The van der Waals surface area contributed by atoms with E-state index in [2.05, 4.69) is 10.6 Å². The first-order valence-electron chi connectivity index (χ1n) is 9.02. The first-order chi connectivity index (χ1) is 13.5. The number of carbonyl (C=O) groups excluding carboxylic acids is 3. The molecule has 0 aliphatic carbocycles. The summed E-state index contributed by atoms with van der Waals surface area (Å²) in [5.74, 6) is -0.318. The summed E-state index contributed by atoms with van der Waals surface area (Å²) < 4.78 is 10.1. The highest BCUT2D eigenvalue weighted by atomic mass is 16.5. The molecule has 2 amide bonds. The Balaban J connectivity index is 1.77. The predicted octanol–water partition coefficient (Wildman–Crippen LogP) is 3.02. The third kappa shape index (κ3) is 6.42. The lowest BCUT2D eigenvalue weighted by atomic mass is 10.2. The number of hydrogen-bond donors (Lipinski definition) is 2. The van der Waals surface area contributed by atoms with Crippen molar-refractivity contribution in [2.45, 2.75) is 19.8 Å². The first kappa shape index (κ1) is 21.0. The normalized spacial score (nSPS) is 10.1. The number of anilines is 1. The number of nitrogens with one attached hydrogen (secondary N) is 2. The summed E-state index contributed by atoms with van der Waals surface area (Å²) in [5.41, 5.74) is 1.46. The van der Waals surface area contributed by atoms with E-state index in [-0.39, 0.29) is 30.7 Å². The third-order valence-corrected chi connectivity index (χ3v) is 3.81. The number of methoxy groups -OCH3 is 1. The maximum atomic E-state index is 12.1. The molecular weight excluding hydrogens is 360 g/mol. The Morgan fingerprint density at radius 2 is 1.75 bits per heavy atom. The fourth-order valence-electron chi connectivity index (χ4n) is 2.35. The molecule has 2 N–H and O–H groups in total. The molecule has 0 radical (unpaired) electrons. The zero-order valence-electron chi connectivity index (χ0n) is 16.0. The highest BCUT2D eigenvalue weighted by Crippen LogP contribution is 2.13. The van der Waals surface area contributed by atoms with Gasteiger partial charge in [0.2, 0.25) is 5.91 Å². The lowest BCUT2D eigenvalue weighted by Gasteiger charge is -2.08. The molecule has 0 fully saturated rings. The van der Waals surface area contributed by atoms with E-state index in [9.17, 15) is 14.4 Å². The van der Waals surface area contributed by atoms with Crippen LogP contribution in [0.2, 0.25) is 0 Å². The van der Waals surface area contributed by atoms with Crippen LogP contribution >= 0.6 is 0 Å². The summed E-state index contributed by atoms with van der Waals surface area (Å²) in [5, 5.41) is 5.41. The maximum absolute atomic E-state index is 12.1. The van der Waals surface area contributed by atoms with Gasteiger partial charge in [-0.25, -0.2) is 4.79 Å². The van der Waals surface area contributed by atoms with Gasteiger partial charge in [0.15, 0.2) is 0 Å². The summed E-state index contributed by atoms with van der Waals surface area (Å²) in [4.78, 5) is 35.8. The van der Waals surface area contributed by atoms with Gasteiger partial charge in [0, 0.05) is 24.2 Å². The van der Waals surface area contributed by atoms with E-state index in [0.717, 1.165) is 6.42 Å². The number of benzene rings is 2. The Kier molecular flexibility index (Phi) is 8.02. The number of amides is 2. The fraction of sp³-hybridized carbons (Fsp3) is 0.286. The highest BCUT2D eigenvalue weighted by Gasteiger charge is 2.09. The largest absolute Gasteiger partial charge is 0.497 e. The van der Waals surface area contributed by atoms with Crippen LogP contribution in [0.5, 0.6) is 5.75 Å². The molecule has 0 atom stereocenters. The van der Waals surface area contributed by atoms with Crippen molar-refractivity contribution >= 4 is 23.5 Å². The van der Waals surface area contributed by atoms with Gasteiger partial charge in [-0.3, -0.25) is 9.59 Å². The number of ether oxygens (including phenoxy) is 2. The zero-order chi connectivity index (χ0) is 20.4. The van der Waals surface area contributed by atoms with Crippen molar-refractivity contribution < 1.29 is 23.9 Å². The summed E-state index contributed by atoms with van der Waals surface area (Å²) in [6.07, 6.45) is 0.879. The lowest BCUT2D eigenvalue weighted by Crippen LogP contribution is -2.27. The Morgan fingerprint density at radius 1 is 1.00 bits per heavy atom. The van der Waals surface area contributed by atoms with E-state index in [1.165, 1.54) is 7.11 Å². The number of esters is 1. The van der Waals surface area contributed by atoms with Crippen LogP contribution in [0.4, 0.5) is 5.69 Å². The molecule has 0 aliphatic heterocycles. The van der Waals surface area contributed by atoms with Gasteiger partial charge < -0.3 is 20.1 Å². The highest BCUT2D eigenvalue weighted by molar-refractivity contribution is 5.96. The van der Waals surface area contributed by atoms with E-state index in [4.69, 9.17) is 9.47 Å². The van der Waals surface area contributed by atoms with Crippen LogP contribution < -0.4 is 15.4 Å². The smallest absolute Gasteiger partial charge is 0.338 e. The van der Waals surface area contributed by atoms with Gasteiger partial charge >= 0.3 is 5.97 Å². The second kappa shape index (κ2) is 10.7. The Morgan fingerprint density at radius 3 is 2.43 bits per heavy atom. The summed E-state index contributed by atoms with van der Waals surface area (Å²) in [6.45, 7) is 2.49. The van der Waals surface area contributed by atoms with Gasteiger partial charge in [0.05, 0.1) is 19.3 Å². The lowest BCUT2D eigenvalue weighted by molar-refractivity contribution is -0.116. The minimum Gasteiger partial charge on any atom is -0.497 e. The van der Waals surface area contributed by atoms with E-state index in [1.54, 1.807) is 48.5 Å². The van der Waals surface area contributed by atoms with Crippen LogP contribution in [-0.4, -0.2) is 38.0 Å². The predicted molar refractivity (Wildman–Crippen MR) is 106 cm³/mol. The topological polar surface area (TPSA) is 93.7 Å². The molecular formula is C21H24N2O5. The molecule has 2 rings (SSSR count). The average molecular weight is 384 g/mol. The maximum Gasteiger partial charge on any atom is 0.338 e. The molecule has 0 aliphatic rings. The van der Waals surface area contributed by atoms with Gasteiger partial charge in [-0.1, -0.05) is 13.0 Å². The van der Waals surface area contributed by atoms with Crippen LogP contribution in [0.3, 0.4) is 0 Å². The molecule has 0 bridgehead atoms. The molecule has 28 heavy (non-hydrogen) atoms. The Labute approximate surface area is 164 Å². The zero-order valence-corrected chi connectivity index (χ0v) is 16.0. The van der Waals surface area contributed by atoms with Crippen molar-refractivity contribution in [3.05, 3.63) is 59.7 Å². The number of carbonyl (C=O) groups is 3. The number of rotatable bonds is 9. The molecule has 0 saturated heterocycles. The van der Waals surface area contributed by atoms with Crippen molar-refractivity contribution in [3.63, 3.8) is 0 Å². The van der Waals surface area contributed by atoms with Crippen LogP contribution in [0.1, 0.15) is 40.5 Å². The fourth-order valence-corrected chi connectivity index (χ4v) is 2.35. The minimum absolute atomic E-state index is 0.121. The van der Waals surface area contributed by atoms with E-state index in [1.807, 2.05) is 6.92 Å². The molecule has 2 aromatic rings. The van der Waals surface area contributed by atoms with Crippen molar-refractivity contribution in [2.75, 3.05) is 25.6 Å². The standard InChI is InChI=1S/C21H24N2O5/c1-3-13-28-21(26)15-7-9-17(10-8-15)23-19(24)11-12-22-20(25)16-5-4-6-18(14-16)27-2/h4-10,14H,3,11-13H2,1-2H3,(H,22,25)(H,23,24). The molecule has 0 spiro atoms. The van der Waals surface area contributed by atoms with Crippen LogP contribution in [0, 0.1) is 0 Å². The van der Waals surface area contributed by atoms with Crippen molar-refractivity contribution in [2.24, 2.45) is 0 Å². The van der Waals surface area contributed by atoms with Gasteiger partial charge in [-0.2, -0.15) is 0 Å². The second-order valence-electron chi connectivity index (χ2n) is 6.00. The number of hydrogen-bond acceptors (Lipinski definition) is 5. The molecule has 0 aromatic heterocycles. The van der Waals surface area contributed by atoms with Crippen LogP contribution in [-0.2, 0) is 9.53 Å². The molecule has 2 aromatic carbocycles. The summed E-state index contributed by atoms with van der Waals surface area (Å²) in [6, 6.07) is 13.2. The van der Waals surface area contributed by atoms with Gasteiger partial charge in [-0.15, -0.1) is 0 Å². The van der Waals surface area contributed by atoms with Gasteiger partial charge in [-0.05, 0) is 48.9 Å². The third-order valence-electron chi connectivity index (χ3n) is 3.81. The molecule has 0 unspecified atom stereocenters. The summed E-state index contributed by atoms with van der Waals surface area (Å²) >= 11 is 0. The van der Waals surface area contributed by atoms with Crippen molar-refractivity contribution in [1.82, 2.24) is 5.32 Å².